The smallest absolute Gasteiger partial charge is 0.174 e. The number of benzene rings is 2. The molecule has 1 aliphatic heterocycles. The van der Waals surface area contributed by atoms with Crippen LogP contribution in [0.5, 0.6) is 11.5 Å². The van der Waals surface area contributed by atoms with Gasteiger partial charge in [-0.15, -0.1) is 0 Å². The van der Waals surface area contributed by atoms with Gasteiger partial charge >= 0.3 is 0 Å². The fourth-order valence-electron chi connectivity index (χ4n) is 5.40. The van der Waals surface area contributed by atoms with Crippen molar-refractivity contribution in [3.8, 4) is 17.2 Å². The quantitative estimate of drug-likeness (QED) is 0.296. The van der Waals surface area contributed by atoms with Crippen molar-refractivity contribution in [1.29, 1.82) is 0 Å². The van der Waals surface area contributed by atoms with Gasteiger partial charge in [0.1, 0.15) is 11.5 Å². The van der Waals surface area contributed by atoms with Crippen molar-refractivity contribution in [2.45, 2.75) is 39.3 Å². The Labute approximate surface area is 223 Å². The molecule has 0 bridgehead atoms. The van der Waals surface area contributed by atoms with E-state index in [9.17, 15) is 0 Å². The van der Waals surface area contributed by atoms with Crippen LogP contribution in [0, 0.1) is 13.8 Å². The lowest BCUT2D eigenvalue weighted by molar-refractivity contribution is 0.394. The van der Waals surface area contributed by atoms with Crippen molar-refractivity contribution >= 4 is 23.0 Å². The predicted octanol–water partition coefficient (Wildman–Crippen LogP) is 6.25. The fourth-order valence-corrected chi connectivity index (χ4v) is 5.74. The SMILES string of the molecule is CCc1ccccc1-n1c(C)cc([C@H]2[C@@H](c3ccccn3)NC(=S)N2c2ccc(OC)cc2OC)c1C. The third kappa shape index (κ3) is 4.33. The minimum atomic E-state index is -0.143. The lowest BCUT2D eigenvalue weighted by Crippen LogP contribution is -2.30. The highest BCUT2D eigenvalue weighted by molar-refractivity contribution is 7.80. The molecule has 190 valence electrons. The molecule has 37 heavy (non-hydrogen) atoms. The normalized spacial score (nSPS) is 17.1. The van der Waals surface area contributed by atoms with Gasteiger partial charge in [-0.2, -0.15) is 0 Å². The summed E-state index contributed by atoms with van der Waals surface area (Å²) in [4.78, 5) is 6.86. The number of hydrogen-bond donors (Lipinski definition) is 1. The van der Waals surface area contributed by atoms with Crippen LogP contribution >= 0.6 is 12.2 Å². The standard InChI is InChI=1S/C30H32N4O2S/c1-6-21-11-7-8-13-25(21)33-19(2)17-23(20(33)3)29-28(24-12-9-10-16-31-24)32-30(37)34(29)26-15-14-22(35-4)18-27(26)36-5/h7-18,28-29H,6H2,1-5H3,(H,32,37)/t28-,29+/m1/s1. The van der Waals surface area contributed by atoms with E-state index in [-0.39, 0.29) is 12.1 Å². The van der Waals surface area contributed by atoms with Crippen LogP contribution < -0.4 is 19.7 Å². The van der Waals surface area contributed by atoms with Crippen LogP contribution in [0.1, 0.15) is 47.2 Å². The van der Waals surface area contributed by atoms with E-state index in [0.29, 0.717) is 10.9 Å². The van der Waals surface area contributed by atoms with Crippen molar-refractivity contribution in [2.75, 3.05) is 19.1 Å². The molecule has 1 saturated heterocycles. The molecule has 1 fully saturated rings. The zero-order chi connectivity index (χ0) is 26.1. The second kappa shape index (κ2) is 10.3. The van der Waals surface area contributed by atoms with Crippen LogP contribution in [-0.2, 0) is 6.42 Å². The zero-order valence-electron chi connectivity index (χ0n) is 21.9. The molecule has 7 heteroatoms. The summed E-state index contributed by atoms with van der Waals surface area (Å²) in [6, 6.07) is 22.4. The zero-order valence-corrected chi connectivity index (χ0v) is 22.7. The maximum Gasteiger partial charge on any atom is 0.174 e. The Balaban J connectivity index is 1.71. The number of rotatable bonds is 7. The predicted molar refractivity (Wildman–Crippen MR) is 152 cm³/mol. The summed E-state index contributed by atoms with van der Waals surface area (Å²) in [5.41, 5.74) is 7.87. The van der Waals surface area contributed by atoms with Crippen molar-refractivity contribution in [3.05, 3.63) is 101 Å². The van der Waals surface area contributed by atoms with E-state index in [2.05, 4.69) is 65.9 Å². The average Bonchev–Trinajstić information content (AvgIpc) is 3.43. The van der Waals surface area contributed by atoms with Gasteiger partial charge in [0, 0.05) is 29.3 Å². The van der Waals surface area contributed by atoms with E-state index in [0.717, 1.165) is 23.6 Å². The van der Waals surface area contributed by atoms with Crippen LogP contribution in [0.25, 0.3) is 5.69 Å². The number of aromatic nitrogens is 2. The van der Waals surface area contributed by atoms with Crippen LogP contribution in [0.4, 0.5) is 5.69 Å². The summed E-state index contributed by atoms with van der Waals surface area (Å²) in [5, 5.41) is 4.19. The molecule has 3 heterocycles. The molecule has 1 N–H and O–H groups in total. The molecule has 6 nitrogen and oxygen atoms in total. The van der Waals surface area contributed by atoms with Gasteiger partial charge in [0.15, 0.2) is 5.11 Å². The molecule has 0 radical (unpaired) electrons. The third-order valence-corrected chi connectivity index (χ3v) is 7.46. The van der Waals surface area contributed by atoms with Gasteiger partial charge < -0.3 is 24.3 Å². The second-order valence-corrected chi connectivity index (χ2v) is 9.57. The van der Waals surface area contributed by atoms with Crippen LogP contribution in [-0.4, -0.2) is 28.9 Å². The Morgan fingerprint density at radius 1 is 0.946 bits per heavy atom. The molecule has 0 spiro atoms. The Morgan fingerprint density at radius 2 is 1.73 bits per heavy atom. The molecule has 0 amide bonds. The molecule has 1 aliphatic rings. The number of pyridine rings is 1. The number of aryl methyl sites for hydroxylation is 2. The Hall–Kier alpha value is -3.84. The number of nitrogens with zero attached hydrogens (tertiary/aromatic N) is 3. The van der Waals surface area contributed by atoms with Gasteiger partial charge in [-0.3, -0.25) is 4.98 Å². The van der Waals surface area contributed by atoms with Gasteiger partial charge in [-0.25, -0.2) is 0 Å². The molecule has 2 aromatic carbocycles. The summed E-state index contributed by atoms with van der Waals surface area (Å²) in [5.74, 6) is 1.42. The molecule has 4 aromatic rings. The number of para-hydroxylation sites is 1. The summed E-state index contributed by atoms with van der Waals surface area (Å²) >= 11 is 5.95. The largest absolute Gasteiger partial charge is 0.497 e. The van der Waals surface area contributed by atoms with Crippen molar-refractivity contribution in [3.63, 3.8) is 0 Å². The average molecular weight is 513 g/mol. The first-order valence-corrected chi connectivity index (χ1v) is 12.9. The number of hydrogen-bond acceptors (Lipinski definition) is 4. The van der Waals surface area contributed by atoms with E-state index < -0.39 is 0 Å². The Morgan fingerprint density at radius 3 is 2.43 bits per heavy atom. The summed E-state index contributed by atoms with van der Waals surface area (Å²) in [7, 11) is 3.32. The first-order valence-electron chi connectivity index (χ1n) is 12.5. The lowest BCUT2D eigenvalue weighted by atomic mass is 9.96. The maximum atomic E-state index is 5.95. The van der Waals surface area contributed by atoms with Crippen LogP contribution in [0.2, 0.25) is 0 Å². The van der Waals surface area contributed by atoms with Gasteiger partial charge in [0.05, 0.1) is 37.7 Å². The molecule has 0 saturated carbocycles. The van der Waals surface area contributed by atoms with E-state index in [1.54, 1.807) is 14.2 Å². The van der Waals surface area contributed by atoms with E-state index >= 15 is 0 Å². The Kier molecular flexibility index (Phi) is 6.89. The first-order chi connectivity index (χ1) is 18.0. The number of nitrogens with one attached hydrogen (secondary N) is 1. The van der Waals surface area contributed by atoms with E-state index in [1.807, 2.05) is 42.6 Å². The summed E-state index contributed by atoms with van der Waals surface area (Å²) in [6.45, 7) is 6.55. The molecule has 0 unspecified atom stereocenters. The highest BCUT2D eigenvalue weighted by Crippen LogP contribution is 2.46. The molecular weight excluding hydrogens is 480 g/mol. The summed E-state index contributed by atoms with van der Waals surface area (Å²) in [6.07, 6.45) is 2.79. The van der Waals surface area contributed by atoms with Gasteiger partial charge in [-0.1, -0.05) is 31.2 Å². The van der Waals surface area contributed by atoms with Gasteiger partial charge in [0.2, 0.25) is 0 Å². The van der Waals surface area contributed by atoms with Crippen LogP contribution in [0.15, 0.2) is 72.9 Å². The molecular formula is C30H32N4O2S. The number of anilines is 1. The highest BCUT2D eigenvalue weighted by atomic mass is 32.1. The topological polar surface area (TPSA) is 51.6 Å². The van der Waals surface area contributed by atoms with E-state index in [1.165, 1.54) is 28.2 Å². The van der Waals surface area contributed by atoms with Gasteiger partial charge in [-0.05, 0) is 80.0 Å². The lowest BCUT2D eigenvalue weighted by Gasteiger charge is -2.29. The molecule has 5 rings (SSSR count). The van der Waals surface area contributed by atoms with Crippen molar-refractivity contribution in [2.24, 2.45) is 0 Å². The van der Waals surface area contributed by atoms with Gasteiger partial charge in [0.25, 0.3) is 0 Å². The Bertz CT molecular complexity index is 1430. The number of ether oxygens (including phenoxy) is 2. The number of methoxy groups -OCH3 is 2. The summed E-state index contributed by atoms with van der Waals surface area (Å²) < 4.78 is 13.6. The van der Waals surface area contributed by atoms with E-state index in [4.69, 9.17) is 26.7 Å². The first kappa shape index (κ1) is 24.8. The molecule has 2 atom stereocenters. The second-order valence-electron chi connectivity index (χ2n) is 9.18. The minimum Gasteiger partial charge on any atom is -0.497 e. The molecule has 0 aliphatic carbocycles. The maximum absolute atomic E-state index is 5.95. The minimum absolute atomic E-state index is 0.140. The third-order valence-electron chi connectivity index (χ3n) is 7.15. The van der Waals surface area contributed by atoms with Crippen molar-refractivity contribution in [1.82, 2.24) is 14.9 Å². The highest BCUT2D eigenvalue weighted by Gasteiger charge is 2.43. The number of thiocarbonyl (C=S) groups is 1. The van der Waals surface area contributed by atoms with Crippen LogP contribution in [0.3, 0.4) is 0 Å². The fraction of sp³-hybridized carbons (Fsp3) is 0.267. The monoisotopic (exact) mass is 512 g/mol. The molecule has 2 aromatic heterocycles. The van der Waals surface area contributed by atoms with Crippen molar-refractivity contribution < 1.29 is 9.47 Å².